The molecule has 0 unspecified atom stereocenters. The number of methoxy groups -OCH3 is 1. The zero-order valence-electron chi connectivity index (χ0n) is 10.7. The molecule has 0 radical (unpaired) electrons. The molecule has 0 saturated heterocycles. The zero-order chi connectivity index (χ0) is 14.4. The maximum Gasteiger partial charge on any atom is 0.330 e. The van der Waals surface area contributed by atoms with Gasteiger partial charge in [0.05, 0.1) is 13.7 Å². The molecular formula is C13H16BrNO4. The van der Waals surface area contributed by atoms with Crippen molar-refractivity contribution in [3.63, 3.8) is 0 Å². The third-order valence-electron chi connectivity index (χ3n) is 2.58. The Bertz CT molecular complexity index is 446. The fraction of sp³-hybridized carbons (Fsp3) is 0.385. The van der Waals surface area contributed by atoms with E-state index in [0.29, 0.717) is 0 Å². The highest BCUT2D eigenvalue weighted by Crippen LogP contribution is 2.23. The first kappa shape index (κ1) is 15.7. The molecule has 0 aliphatic carbocycles. The van der Waals surface area contributed by atoms with Gasteiger partial charge in [-0.3, -0.25) is 4.79 Å². The second-order valence-electron chi connectivity index (χ2n) is 4.04. The summed E-state index contributed by atoms with van der Waals surface area (Å²) in [6.07, 6.45) is 0. The van der Waals surface area contributed by atoms with Crippen molar-refractivity contribution in [3.05, 3.63) is 35.4 Å². The Kier molecular flexibility index (Phi) is 5.98. The van der Waals surface area contributed by atoms with E-state index in [0.717, 1.165) is 11.1 Å². The molecule has 1 amide bonds. The Balaban J connectivity index is 2.71. The van der Waals surface area contributed by atoms with Crippen LogP contribution in [-0.2, 0) is 14.3 Å². The van der Waals surface area contributed by atoms with E-state index in [1.165, 1.54) is 7.11 Å². The minimum atomic E-state index is -1.05. The van der Waals surface area contributed by atoms with Gasteiger partial charge in [-0.25, -0.2) is 4.79 Å². The van der Waals surface area contributed by atoms with Crippen LogP contribution in [0.4, 0.5) is 0 Å². The summed E-state index contributed by atoms with van der Waals surface area (Å²) in [6, 6.07) is 6.37. The lowest BCUT2D eigenvalue weighted by atomic mass is 10.1. The summed E-state index contributed by atoms with van der Waals surface area (Å²) in [4.78, 5) is 22.6. The number of amides is 1. The fourth-order valence-corrected chi connectivity index (χ4v) is 1.89. The molecule has 0 aliphatic rings. The smallest absolute Gasteiger partial charge is 0.330 e. The minimum absolute atomic E-state index is 0.409. The van der Waals surface area contributed by atoms with Gasteiger partial charge < -0.3 is 15.2 Å². The summed E-state index contributed by atoms with van der Waals surface area (Å²) in [7, 11) is 1.20. The van der Waals surface area contributed by atoms with Gasteiger partial charge in [-0.1, -0.05) is 45.8 Å². The largest absolute Gasteiger partial charge is 0.467 e. The quantitative estimate of drug-likeness (QED) is 0.626. The molecular weight excluding hydrogens is 314 g/mol. The number of nitrogens with one attached hydrogen (secondary N) is 1. The number of aliphatic hydroxyl groups excluding tert-OH is 1. The molecule has 0 aromatic heterocycles. The van der Waals surface area contributed by atoms with Gasteiger partial charge in [0.1, 0.15) is 4.83 Å². The highest BCUT2D eigenvalue weighted by atomic mass is 79.9. The van der Waals surface area contributed by atoms with Crippen LogP contribution < -0.4 is 5.32 Å². The minimum Gasteiger partial charge on any atom is -0.467 e. The van der Waals surface area contributed by atoms with E-state index in [2.05, 4.69) is 26.0 Å². The molecule has 1 aromatic rings. The van der Waals surface area contributed by atoms with E-state index < -0.39 is 29.4 Å². The number of carbonyl (C=O) groups is 2. The van der Waals surface area contributed by atoms with E-state index in [4.69, 9.17) is 5.11 Å². The molecule has 104 valence electrons. The normalized spacial score (nSPS) is 13.5. The lowest BCUT2D eigenvalue weighted by Crippen LogP contribution is -2.45. The summed E-state index contributed by atoms with van der Waals surface area (Å²) in [5.74, 6) is -1.09. The Morgan fingerprint density at radius 2 is 1.95 bits per heavy atom. The van der Waals surface area contributed by atoms with E-state index in [-0.39, 0.29) is 0 Å². The average Bonchev–Trinajstić information content (AvgIpc) is 2.43. The maximum atomic E-state index is 11.9. The highest BCUT2D eigenvalue weighted by molar-refractivity contribution is 9.09. The van der Waals surface area contributed by atoms with E-state index >= 15 is 0 Å². The van der Waals surface area contributed by atoms with Crippen molar-refractivity contribution in [2.45, 2.75) is 17.8 Å². The third kappa shape index (κ3) is 4.33. The Morgan fingerprint density at radius 3 is 2.42 bits per heavy atom. The molecule has 1 rings (SSSR count). The van der Waals surface area contributed by atoms with Crippen molar-refractivity contribution in [1.82, 2.24) is 5.32 Å². The Labute approximate surface area is 120 Å². The number of hydrogen-bond donors (Lipinski definition) is 2. The first-order valence-corrected chi connectivity index (χ1v) is 6.61. The predicted molar refractivity (Wildman–Crippen MR) is 73.9 cm³/mol. The Hall–Kier alpha value is -1.40. The van der Waals surface area contributed by atoms with Gasteiger partial charge >= 0.3 is 5.97 Å². The second kappa shape index (κ2) is 7.25. The Morgan fingerprint density at radius 1 is 1.37 bits per heavy atom. The summed E-state index contributed by atoms with van der Waals surface area (Å²) in [6.45, 7) is 1.44. The third-order valence-corrected chi connectivity index (χ3v) is 3.53. The summed E-state index contributed by atoms with van der Waals surface area (Å²) >= 11 is 3.26. The number of hydrogen-bond acceptors (Lipinski definition) is 4. The molecule has 0 saturated carbocycles. The summed E-state index contributed by atoms with van der Waals surface area (Å²) < 4.78 is 4.48. The number of halogens is 1. The molecule has 2 atom stereocenters. The lowest BCUT2D eigenvalue weighted by molar-refractivity contribution is -0.146. The van der Waals surface area contributed by atoms with E-state index in [9.17, 15) is 9.59 Å². The van der Waals surface area contributed by atoms with Crippen molar-refractivity contribution in [2.24, 2.45) is 0 Å². The van der Waals surface area contributed by atoms with Gasteiger partial charge in [0.15, 0.2) is 6.04 Å². The van der Waals surface area contributed by atoms with Crippen molar-refractivity contribution >= 4 is 27.8 Å². The number of ether oxygens (including phenoxy) is 1. The van der Waals surface area contributed by atoms with E-state index in [1.807, 2.05) is 31.2 Å². The van der Waals surface area contributed by atoms with Gasteiger partial charge in [-0.05, 0) is 12.5 Å². The van der Waals surface area contributed by atoms with E-state index in [1.54, 1.807) is 0 Å². The number of aliphatic hydroxyl groups is 1. The number of benzene rings is 1. The molecule has 0 bridgehead atoms. The van der Waals surface area contributed by atoms with Crippen LogP contribution in [0, 0.1) is 6.92 Å². The molecule has 19 heavy (non-hydrogen) atoms. The molecule has 0 fully saturated rings. The van der Waals surface area contributed by atoms with Gasteiger partial charge in [-0.2, -0.15) is 0 Å². The van der Waals surface area contributed by atoms with Crippen LogP contribution in [0.5, 0.6) is 0 Å². The van der Waals surface area contributed by atoms with Gasteiger partial charge in [0.2, 0.25) is 5.91 Å². The van der Waals surface area contributed by atoms with Crippen LogP contribution in [-0.4, -0.2) is 36.7 Å². The highest BCUT2D eigenvalue weighted by Gasteiger charge is 2.24. The number of esters is 1. The van der Waals surface area contributed by atoms with Crippen molar-refractivity contribution in [2.75, 3.05) is 13.7 Å². The number of aryl methyl sites for hydroxylation is 1. The summed E-state index contributed by atoms with van der Waals surface area (Å²) in [5.41, 5.74) is 1.86. The number of alkyl halides is 1. The first-order valence-electron chi connectivity index (χ1n) is 5.69. The molecule has 0 aliphatic heterocycles. The van der Waals surface area contributed by atoms with Crippen LogP contribution in [0.3, 0.4) is 0 Å². The number of carbonyl (C=O) groups excluding carboxylic acids is 2. The SMILES string of the molecule is COC(=O)[C@H](CO)NC(=O)[C@H](Br)c1ccc(C)cc1. The fourth-order valence-electron chi connectivity index (χ4n) is 1.45. The van der Waals surface area contributed by atoms with Gasteiger partial charge in [-0.15, -0.1) is 0 Å². The molecule has 1 aromatic carbocycles. The predicted octanol–water partition coefficient (Wildman–Crippen LogP) is 1.08. The van der Waals surface area contributed by atoms with Crippen LogP contribution >= 0.6 is 15.9 Å². The van der Waals surface area contributed by atoms with Crippen LogP contribution in [0.2, 0.25) is 0 Å². The summed E-state index contributed by atoms with van der Waals surface area (Å²) in [5, 5.41) is 11.5. The van der Waals surface area contributed by atoms with Crippen LogP contribution in [0.15, 0.2) is 24.3 Å². The van der Waals surface area contributed by atoms with Crippen molar-refractivity contribution in [1.29, 1.82) is 0 Å². The van der Waals surface area contributed by atoms with Gasteiger partial charge in [0.25, 0.3) is 0 Å². The topological polar surface area (TPSA) is 75.6 Å². The van der Waals surface area contributed by atoms with Crippen molar-refractivity contribution in [3.8, 4) is 0 Å². The lowest BCUT2D eigenvalue weighted by Gasteiger charge is -2.16. The molecule has 2 N–H and O–H groups in total. The van der Waals surface area contributed by atoms with Crippen LogP contribution in [0.25, 0.3) is 0 Å². The van der Waals surface area contributed by atoms with Crippen molar-refractivity contribution < 1.29 is 19.4 Å². The molecule has 5 nitrogen and oxygen atoms in total. The molecule has 0 spiro atoms. The maximum absolute atomic E-state index is 11.9. The first-order chi connectivity index (χ1) is 8.99. The molecule has 0 heterocycles. The standard InChI is InChI=1S/C13H16BrNO4/c1-8-3-5-9(6-4-8)11(14)12(17)15-10(7-16)13(18)19-2/h3-6,10-11,16H,7H2,1-2H3,(H,15,17)/t10-,11+/m0/s1. The van der Waals surface area contributed by atoms with Gasteiger partial charge in [0, 0.05) is 0 Å². The molecule has 6 heteroatoms. The average molecular weight is 330 g/mol. The zero-order valence-corrected chi connectivity index (χ0v) is 12.3. The number of rotatable bonds is 5. The second-order valence-corrected chi connectivity index (χ2v) is 4.96. The monoisotopic (exact) mass is 329 g/mol. The van der Waals surface area contributed by atoms with Crippen LogP contribution in [0.1, 0.15) is 16.0 Å².